The summed E-state index contributed by atoms with van der Waals surface area (Å²) in [5.74, 6) is 3.08. The maximum absolute atomic E-state index is 5.24. The van der Waals surface area contributed by atoms with E-state index in [2.05, 4.69) is 34.4 Å². The second-order valence-electron chi connectivity index (χ2n) is 4.50. The predicted octanol–water partition coefficient (Wildman–Crippen LogP) is 2.75. The van der Waals surface area contributed by atoms with Gasteiger partial charge in [-0.05, 0) is 18.1 Å². The van der Waals surface area contributed by atoms with Gasteiger partial charge in [-0.1, -0.05) is 13.8 Å². The summed E-state index contributed by atoms with van der Waals surface area (Å²) < 4.78 is 5.24. The summed E-state index contributed by atoms with van der Waals surface area (Å²) in [5.41, 5.74) is 0. The maximum Gasteiger partial charge on any atom is 0.131 e. The highest BCUT2D eigenvalue weighted by Gasteiger charge is 2.01. The lowest BCUT2D eigenvalue weighted by molar-refractivity contribution is 0.518. The molecule has 0 amide bonds. The van der Waals surface area contributed by atoms with Crippen LogP contribution < -0.4 is 10.6 Å². The van der Waals surface area contributed by atoms with E-state index >= 15 is 0 Å². The van der Waals surface area contributed by atoms with Gasteiger partial charge in [-0.25, -0.2) is 9.97 Å². The van der Waals surface area contributed by atoms with Gasteiger partial charge in [0.05, 0.1) is 12.8 Å². The van der Waals surface area contributed by atoms with E-state index in [1.54, 1.807) is 12.6 Å². The largest absolute Gasteiger partial charge is 0.467 e. The number of furan rings is 1. The molecule has 0 aromatic carbocycles. The Labute approximate surface area is 107 Å². The average Bonchev–Trinajstić information content (AvgIpc) is 2.87. The molecule has 0 fully saturated rings. The third-order valence-electron chi connectivity index (χ3n) is 2.38. The molecule has 0 aliphatic carbocycles. The third-order valence-corrected chi connectivity index (χ3v) is 2.38. The Hall–Kier alpha value is -2.04. The van der Waals surface area contributed by atoms with E-state index in [9.17, 15) is 0 Å². The smallest absolute Gasteiger partial charge is 0.131 e. The molecule has 0 atom stereocenters. The molecule has 18 heavy (non-hydrogen) atoms. The summed E-state index contributed by atoms with van der Waals surface area (Å²) in [6, 6.07) is 5.68. The minimum absolute atomic E-state index is 0.583. The normalized spacial score (nSPS) is 10.6. The first-order valence-electron chi connectivity index (χ1n) is 6.06. The number of anilines is 2. The van der Waals surface area contributed by atoms with Gasteiger partial charge >= 0.3 is 0 Å². The minimum atomic E-state index is 0.583. The molecule has 2 heterocycles. The van der Waals surface area contributed by atoms with E-state index in [0.717, 1.165) is 23.9 Å². The van der Waals surface area contributed by atoms with E-state index in [0.29, 0.717) is 12.5 Å². The van der Waals surface area contributed by atoms with Gasteiger partial charge in [0.1, 0.15) is 23.7 Å². The SMILES string of the molecule is CC(C)CNc1cc(NCc2ccco2)ncn1. The molecule has 0 saturated carbocycles. The van der Waals surface area contributed by atoms with E-state index in [4.69, 9.17) is 4.42 Å². The highest BCUT2D eigenvalue weighted by molar-refractivity contribution is 5.46. The number of nitrogens with one attached hydrogen (secondary N) is 2. The summed E-state index contributed by atoms with van der Waals surface area (Å²) in [4.78, 5) is 8.33. The van der Waals surface area contributed by atoms with Gasteiger partial charge in [-0.3, -0.25) is 0 Å². The van der Waals surface area contributed by atoms with Crippen LogP contribution in [0.25, 0.3) is 0 Å². The topological polar surface area (TPSA) is 63.0 Å². The second kappa shape index (κ2) is 6.05. The van der Waals surface area contributed by atoms with Crippen molar-refractivity contribution >= 4 is 11.6 Å². The first-order chi connectivity index (χ1) is 8.74. The molecule has 2 aromatic heterocycles. The molecule has 2 rings (SSSR count). The summed E-state index contributed by atoms with van der Waals surface area (Å²) in [7, 11) is 0. The fourth-order valence-corrected chi connectivity index (χ4v) is 1.45. The van der Waals surface area contributed by atoms with Crippen LogP contribution in [-0.2, 0) is 6.54 Å². The van der Waals surface area contributed by atoms with Gasteiger partial charge in [0.2, 0.25) is 0 Å². The molecule has 0 saturated heterocycles. The van der Waals surface area contributed by atoms with Crippen LogP contribution in [0, 0.1) is 5.92 Å². The van der Waals surface area contributed by atoms with Gasteiger partial charge in [-0.2, -0.15) is 0 Å². The first-order valence-corrected chi connectivity index (χ1v) is 6.06. The molecule has 0 bridgehead atoms. The molecule has 2 aromatic rings. The molecular formula is C13H18N4O. The van der Waals surface area contributed by atoms with Crippen LogP contribution in [0.4, 0.5) is 11.6 Å². The number of rotatable bonds is 6. The molecule has 5 heteroatoms. The Morgan fingerprint density at radius 2 is 2.00 bits per heavy atom. The van der Waals surface area contributed by atoms with Crippen molar-refractivity contribution in [1.82, 2.24) is 9.97 Å². The number of hydrogen-bond acceptors (Lipinski definition) is 5. The van der Waals surface area contributed by atoms with Gasteiger partial charge in [0, 0.05) is 12.6 Å². The summed E-state index contributed by atoms with van der Waals surface area (Å²) in [6.45, 7) is 5.83. The summed E-state index contributed by atoms with van der Waals surface area (Å²) in [6.07, 6.45) is 3.21. The van der Waals surface area contributed by atoms with E-state index in [1.807, 2.05) is 18.2 Å². The van der Waals surface area contributed by atoms with Crippen LogP contribution in [0.5, 0.6) is 0 Å². The minimum Gasteiger partial charge on any atom is -0.467 e. The van der Waals surface area contributed by atoms with Crippen LogP contribution in [-0.4, -0.2) is 16.5 Å². The Morgan fingerprint density at radius 1 is 1.22 bits per heavy atom. The zero-order chi connectivity index (χ0) is 12.8. The lowest BCUT2D eigenvalue weighted by Gasteiger charge is -2.09. The number of hydrogen-bond donors (Lipinski definition) is 2. The van der Waals surface area contributed by atoms with Crippen molar-refractivity contribution < 1.29 is 4.42 Å². The van der Waals surface area contributed by atoms with E-state index in [-0.39, 0.29) is 0 Å². The van der Waals surface area contributed by atoms with Crippen LogP contribution in [0.1, 0.15) is 19.6 Å². The Bertz CT molecular complexity index is 468. The summed E-state index contributed by atoms with van der Waals surface area (Å²) in [5, 5.41) is 6.45. The van der Waals surface area contributed by atoms with E-state index in [1.165, 1.54) is 0 Å². The zero-order valence-corrected chi connectivity index (χ0v) is 10.7. The Morgan fingerprint density at radius 3 is 2.67 bits per heavy atom. The molecule has 5 nitrogen and oxygen atoms in total. The molecule has 0 unspecified atom stereocenters. The van der Waals surface area contributed by atoms with Crippen molar-refractivity contribution in [2.45, 2.75) is 20.4 Å². The number of aromatic nitrogens is 2. The van der Waals surface area contributed by atoms with Crippen molar-refractivity contribution in [3.63, 3.8) is 0 Å². The highest BCUT2D eigenvalue weighted by atomic mass is 16.3. The second-order valence-corrected chi connectivity index (χ2v) is 4.50. The van der Waals surface area contributed by atoms with Crippen LogP contribution in [0.2, 0.25) is 0 Å². The number of nitrogens with zero attached hydrogens (tertiary/aromatic N) is 2. The van der Waals surface area contributed by atoms with Gasteiger partial charge in [-0.15, -0.1) is 0 Å². The molecule has 96 valence electrons. The van der Waals surface area contributed by atoms with Crippen LogP contribution in [0.3, 0.4) is 0 Å². The van der Waals surface area contributed by atoms with Crippen LogP contribution >= 0.6 is 0 Å². The zero-order valence-electron chi connectivity index (χ0n) is 10.7. The van der Waals surface area contributed by atoms with Gasteiger partial charge in [0.25, 0.3) is 0 Å². The quantitative estimate of drug-likeness (QED) is 0.820. The molecular weight excluding hydrogens is 228 g/mol. The maximum atomic E-state index is 5.24. The van der Waals surface area contributed by atoms with Gasteiger partial charge < -0.3 is 15.1 Å². The molecule has 0 aliphatic rings. The van der Waals surface area contributed by atoms with E-state index < -0.39 is 0 Å². The van der Waals surface area contributed by atoms with Gasteiger partial charge in [0.15, 0.2) is 0 Å². The Balaban J connectivity index is 1.90. The highest BCUT2D eigenvalue weighted by Crippen LogP contribution is 2.11. The van der Waals surface area contributed by atoms with Crippen molar-refractivity contribution in [3.05, 3.63) is 36.5 Å². The van der Waals surface area contributed by atoms with Crippen molar-refractivity contribution in [1.29, 1.82) is 0 Å². The lowest BCUT2D eigenvalue weighted by atomic mass is 10.2. The summed E-state index contributed by atoms with van der Waals surface area (Å²) >= 11 is 0. The van der Waals surface area contributed by atoms with Crippen molar-refractivity contribution in [2.24, 2.45) is 5.92 Å². The fourth-order valence-electron chi connectivity index (χ4n) is 1.45. The monoisotopic (exact) mass is 246 g/mol. The van der Waals surface area contributed by atoms with Crippen LogP contribution in [0.15, 0.2) is 35.2 Å². The molecule has 2 N–H and O–H groups in total. The standard InChI is InChI=1S/C13H18N4O/c1-10(2)7-14-12-6-13(17-9-16-12)15-8-11-4-3-5-18-11/h3-6,9-10H,7-8H2,1-2H3,(H2,14,15,16,17). The van der Waals surface area contributed by atoms with Crippen molar-refractivity contribution in [2.75, 3.05) is 17.2 Å². The fraction of sp³-hybridized carbons (Fsp3) is 0.385. The average molecular weight is 246 g/mol. The predicted molar refractivity (Wildman–Crippen MR) is 71.4 cm³/mol. The lowest BCUT2D eigenvalue weighted by Crippen LogP contribution is -2.10. The molecule has 0 spiro atoms. The van der Waals surface area contributed by atoms with Crippen molar-refractivity contribution in [3.8, 4) is 0 Å². The third kappa shape index (κ3) is 3.76. The molecule has 0 radical (unpaired) electrons. The first kappa shape index (κ1) is 12.4. The Kier molecular flexibility index (Phi) is 4.17. The molecule has 0 aliphatic heterocycles.